The summed E-state index contributed by atoms with van der Waals surface area (Å²) in [4.78, 5) is 14.1. The Kier molecular flexibility index (Phi) is 4.27. The Morgan fingerprint density at radius 2 is 2.14 bits per heavy atom. The quantitative estimate of drug-likeness (QED) is 0.868. The molecular formula is C16H21N3O3. The maximum absolute atomic E-state index is 12.2. The molecule has 6 heteroatoms. The molecule has 0 aliphatic carbocycles. The highest BCUT2D eigenvalue weighted by Gasteiger charge is 2.21. The van der Waals surface area contributed by atoms with Crippen molar-refractivity contribution in [2.45, 2.75) is 39.5 Å². The van der Waals surface area contributed by atoms with E-state index in [-0.39, 0.29) is 5.91 Å². The third kappa shape index (κ3) is 3.21. The third-order valence-electron chi connectivity index (χ3n) is 4.25. The molecule has 3 heterocycles. The van der Waals surface area contributed by atoms with Crippen molar-refractivity contribution in [3.05, 3.63) is 24.0 Å². The Bertz CT molecular complexity index is 639. The van der Waals surface area contributed by atoms with E-state index in [1.54, 1.807) is 12.3 Å². The van der Waals surface area contributed by atoms with Crippen molar-refractivity contribution in [1.29, 1.82) is 0 Å². The molecule has 0 bridgehead atoms. The van der Waals surface area contributed by atoms with E-state index < -0.39 is 0 Å². The first-order valence-electron chi connectivity index (χ1n) is 7.78. The minimum atomic E-state index is 0.172. The summed E-state index contributed by atoms with van der Waals surface area (Å²) in [5.74, 6) is 2.58. The van der Waals surface area contributed by atoms with Gasteiger partial charge in [-0.05, 0) is 31.7 Å². The Labute approximate surface area is 129 Å². The number of hydrogen-bond acceptors (Lipinski definition) is 5. The third-order valence-corrected chi connectivity index (χ3v) is 4.25. The van der Waals surface area contributed by atoms with Gasteiger partial charge in [0.1, 0.15) is 5.76 Å². The number of rotatable bonds is 4. The van der Waals surface area contributed by atoms with Gasteiger partial charge < -0.3 is 13.7 Å². The molecular weight excluding hydrogens is 282 g/mol. The number of piperidine rings is 1. The number of likely N-dealkylation sites (tertiary alicyclic amines) is 1. The highest BCUT2D eigenvalue weighted by molar-refractivity contribution is 5.76. The first kappa shape index (κ1) is 14.8. The van der Waals surface area contributed by atoms with Gasteiger partial charge >= 0.3 is 0 Å². The lowest BCUT2D eigenvalue weighted by Gasteiger charge is -2.30. The van der Waals surface area contributed by atoms with Gasteiger partial charge in [0.05, 0.1) is 11.8 Å². The molecule has 0 unspecified atom stereocenters. The molecule has 0 aromatic carbocycles. The van der Waals surface area contributed by atoms with Crippen molar-refractivity contribution in [1.82, 2.24) is 15.1 Å². The lowest BCUT2D eigenvalue weighted by atomic mass is 9.99. The van der Waals surface area contributed by atoms with Gasteiger partial charge in [0, 0.05) is 25.9 Å². The molecule has 2 aromatic rings. The van der Waals surface area contributed by atoms with E-state index in [1.807, 2.05) is 11.8 Å². The fourth-order valence-corrected chi connectivity index (χ4v) is 2.70. The summed E-state index contributed by atoms with van der Waals surface area (Å²) in [5, 5.41) is 8.03. The first-order chi connectivity index (χ1) is 10.6. The van der Waals surface area contributed by atoms with Crippen LogP contribution in [-0.2, 0) is 11.2 Å². The summed E-state index contributed by atoms with van der Waals surface area (Å²) in [5.41, 5.74) is 0.801. The Morgan fingerprint density at radius 3 is 2.82 bits per heavy atom. The van der Waals surface area contributed by atoms with Crippen LogP contribution < -0.4 is 0 Å². The van der Waals surface area contributed by atoms with Crippen LogP contribution in [-0.4, -0.2) is 34.1 Å². The molecule has 22 heavy (non-hydrogen) atoms. The van der Waals surface area contributed by atoms with Gasteiger partial charge in [0.2, 0.25) is 11.8 Å². The van der Waals surface area contributed by atoms with E-state index in [1.165, 1.54) is 0 Å². The molecule has 2 aromatic heterocycles. The molecule has 3 rings (SSSR count). The Morgan fingerprint density at radius 1 is 1.36 bits per heavy atom. The normalized spacial score (nSPS) is 16.2. The fraction of sp³-hybridized carbons (Fsp3) is 0.562. The number of hydrogen-bond donors (Lipinski definition) is 0. The van der Waals surface area contributed by atoms with Gasteiger partial charge in [-0.1, -0.05) is 6.92 Å². The van der Waals surface area contributed by atoms with E-state index in [2.05, 4.69) is 17.1 Å². The SMILES string of the molecule is Cc1occc1-c1nnc(CCC(=O)N2CCC(C)CC2)o1. The number of carbonyl (C=O) groups excluding carboxylic acids is 1. The lowest BCUT2D eigenvalue weighted by molar-refractivity contribution is -0.132. The van der Waals surface area contributed by atoms with Crippen molar-refractivity contribution in [3.63, 3.8) is 0 Å². The van der Waals surface area contributed by atoms with Gasteiger partial charge in [-0.25, -0.2) is 0 Å². The number of furan rings is 1. The second-order valence-corrected chi connectivity index (χ2v) is 5.95. The maximum Gasteiger partial charge on any atom is 0.251 e. The van der Waals surface area contributed by atoms with Crippen LogP contribution in [0.4, 0.5) is 0 Å². The molecule has 1 fully saturated rings. The summed E-state index contributed by atoms with van der Waals surface area (Å²) < 4.78 is 10.8. The highest BCUT2D eigenvalue weighted by Crippen LogP contribution is 2.23. The highest BCUT2D eigenvalue weighted by atomic mass is 16.4. The van der Waals surface area contributed by atoms with E-state index in [4.69, 9.17) is 8.83 Å². The van der Waals surface area contributed by atoms with Gasteiger partial charge in [-0.3, -0.25) is 4.79 Å². The fourth-order valence-electron chi connectivity index (χ4n) is 2.70. The second-order valence-electron chi connectivity index (χ2n) is 5.95. The zero-order valence-corrected chi connectivity index (χ0v) is 13.0. The first-order valence-corrected chi connectivity index (χ1v) is 7.78. The molecule has 0 atom stereocenters. The van der Waals surface area contributed by atoms with E-state index in [9.17, 15) is 4.79 Å². The van der Waals surface area contributed by atoms with Crippen LogP contribution in [0.2, 0.25) is 0 Å². The van der Waals surface area contributed by atoms with Crippen molar-refractivity contribution in [2.75, 3.05) is 13.1 Å². The predicted octanol–water partition coefficient (Wildman–Crippen LogP) is 2.83. The standard InChI is InChI=1S/C16H21N3O3/c1-11-5-8-19(9-6-11)15(20)4-3-14-17-18-16(22-14)13-7-10-21-12(13)2/h7,10-11H,3-6,8-9H2,1-2H3. The largest absolute Gasteiger partial charge is 0.469 e. The maximum atomic E-state index is 12.2. The summed E-state index contributed by atoms with van der Waals surface area (Å²) >= 11 is 0. The molecule has 0 spiro atoms. The number of aryl methyl sites for hydroxylation is 2. The number of nitrogens with zero attached hydrogens (tertiary/aromatic N) is 3. The predicted molar refractivity (Wildman–Crippen MR) is 80.0 cm³/mol. The van der Waals surface area contributed by atoms with Crippen molar-refractivity contribution >= 4 is 5.91 Å². The van der Waals surface area contributed by atoms with Crippen LogP contribution in [0.15, 0.2) is 21.2 Å². The number of amides is 1. The average molecular weight is 303 g/mol. The van der Waals surface area contributed by atoms with Crippen LogP contribution in [0.5, 0.6) is 0 Å². The molecule has 1 amide bonds. The van der Waals surface area contributed by atoms with Crippen LogP contribution in [0, 0.1) is 12.8 Å². The van der Waals surface area contributed by atoms with Crippen LogP contribution in [0.3, 0.4) is 0 Å². The zero-order chi connectivity index (χ0) is 15.5. The molecule has 6 nitrogen and oxygen atoms in total. The monoisotopic (exact) mass is 303 g/mol. The molecule has 118 valence electrons. The molecule has 1 aliphatic heterocycles. The average Bonchev–Trinajstić information content (AvgIpc) is 3.14. The van der Waals surface area contributed by atoms with Crippen LogP contribution >= 0.6 is 0 Å². The minimum absolute atomic E-state index is 0.172. The number of aromatic nitrogens is 2. The van der Waals surface area contributed by atoms with Gasteiger partial charge in [0.25, 0.3) is 5.89 Å². The molecule has 1 saturated heterocycles. The van der Waals surface area contributed by atoms with Crippen LogP contribution in [0.1, 0.15) is 37.8 Å². The Balaban J connectivity index is 1.55. The summed E-state index contributed by atoms with van der Waals surface area (Å²) in [6.45, 7) is 5.81. The number of carbonyl (C=O) groups is 1. The van der Waals surface area contributed by atoms with Gasteiger partial charge in [-0.2, -0.15) is 0 Å². The Hall–Kier alpha value is -2.11. The van der Waals surface area contributed by atoms with Crippen molar-refractivity contribution in [2.24, 2.45) is 5.92 Å². The lowest BCUT2D eigenvalue weighted by Crippen LogP contribution is -2.38. The zero-order valence-electron chi connectivity index (χ0n) is 13.0. The molecule has 0 saturated carbocycles. The van der Waals surface area contributed by atoms with Crippen molar-refractivity contribution in [3.8, 4) is 11.5 Å². The molecule has 0 N–H and O–H groups in total. The second kappa shape index (κ2) is 6.34. The summed E-state index contributed by atoms with van der Waals surface area (Å²) in [6.07, 6.45) is 4.68. The van der Waals surface area contributed by atoms with E-state index >= 15 is 0 Å². The smallest absolute Gasteiger partial charge is 0.251 e. The molecule has 0 radical (unpaired) electrons. The van der Waals surface area contributed by atoms with Crippen molar-refractivity contribution < 1.29 is 13.6 Å². The van der Waals surface area contributed by atoms with E-state index in [0.717, 1.165) is 43.2 Å². The summed E-state index contributed by atoms with van der Waals surface area (Å²) in [6, 6.07) is 1.80. The molecule has 1 aliphatic rings. The van der Waals surface area contributed by atoms with Gasteiger partial charge in [-0.15, -0.1) is 10.2 Å². The summed E-state index contributed by atoms with van der Waals surface area (Å²) in [7, 11) is 0. The van der Waals surface area contributed by atoms with Gasteiger partial charge in [0.15, 0.2) is 0 Å². The van der Waals surface area contributed by atoms with E-state index in [0.29, 0.717) is 24.6 Å². The topological polar surface area (TPSA) is 72.4 Å². The minimum Gasteiger partial charge on any atom is -0.469 e. The van der Waals surface area contributed by atoms with Crippen LogP contribution in [0.25, 0.3) is 11.5 Å².